The Morgan fingerprint density at radius 2 is 1.60 bits per heavy atom. The first-order chi connectivity index (χ1) is 9.74. The number of benzene rings is 2. The molecule has 3 rings (SSSR count). The molecule has 0 atom stereocenters. The molecule has 20 heavy (non-hydrogen) atoms. The minimum absolute atomic E-state index is 0.401. The van der Waals surface area contributed by atoms with Crippen LogP contribution in [0.15, 0.2) is 53.1 Å². The highest BCUT2D eigenvalue weighted by atomic mass is 16.5. The quantitative estimate of drug-likeness (QED) is 0.774. The Labute approximate surface area is 117 Å². The van der Waals surface area contributed by atoms with E-state index in [-0.39, 0.29) is 0 Å². The first kappa shape index (κ1) is 12.4. The third-order valence-electron chi connectivity index (χ3n) is 3.20. The van der Waals surface area contributed by atoms with Crippen molar-refractivity contribution in [3.8, 4) is 11.4 Å². The molecule has 0 unspecified atom stereocenters. The summed E-state index contributed by atoms with van der Waals surface area (Å²) in [5.41, 5.74) is 4.19. The van der Waals surface area contributed by atoms with Crippen molar-refractivity contribution in [2.75, 3.05) is 5.32 Å². The van der Waals surface area contributed by atoms with Gasteiger partial charge in [0.15, 0.2) is 0 Å². The predicted octanol–water partition coefficient (Wildman–Crippen LogP) is 4.10. The van der Waals surface area contributed by atoms with Crippen LogP contribution >= 0.6 is 0 Å². The van der Waals surface area contributed by atoms with E-state index in [1.807, 2.05) is 62.4 Å². The second-order valence-electron chi connectivity index (χ2n) is 4.68. The fraction of sp³-hybridized carbons (Fsp3) is 0.125. The van der Waals surface area contributed by atoms with Gasteiger partial charge in [-0.3, -0.25) is 0 Å². The summed E-state index contributed by atoms with van der Waals surface area (Å²) < 4.78 is 5.26. The highest BCUT2D eigenvalue weighted by Crippen LogP contribution is 2.23. The predicted molar refractivity (Wildman–Crippen MR) is 78.9 cm³/mol. The van der Waals surface area contributed by atoms with Gasteiger partial charge < -0.3 is 9.84 Å². The van der Waals surface area contributed by atoms with E-state index in [4.69, 9.17) is 4.52 Å². The van der Waals surface area contributed by atoms with Crippen molar-refractivity contribution in [3.05, 3.63) is 59.7 Å². The van der Waals surface area contributed by atoms with Gasteiger partial charge in [-0.05, 0) is 31.0 Å². The van der Waals surface area contributed by atoms with Crippen LogP contribution in [0, 0.1) is 13.8 Å². The minimum atomic E-state index is 0.401. The van der Waals surface area contributed by atoms with Crippen molar-refractivity contribution in [2.24, 2.45) is 0 Å². The van der Waals surface area contributed by atoms with Gasteiger partial charge >= 0.3 is 6.01 Å². The van der Waals surface area contributed by atoms with E-state index in [1.165, 1.54) is 0 Å². The molecule has 1 N–H and O–H groups in total. The molecule has 2 aromatic carbocycles. The lowest BCUT2D eigenvalue weighted by atomic mass is 10.1. The molecule has 1 aromatic heterocycles. The van der Waals surface area contributed by atoms with E-state index in [9.17, 15) is 0 Å². The van der Waals surface area contributed by atoms with Crippen molar-refractivity contribution < 1.29 is 4.52 Å². The number of anilines is 2. The molecule has 0 fully saturated rings. The second kappa shape index (κ2) is 5.17. The van der Waals surface area contributed by atoms with Crippen LogP contribution in [0.25, 0.3) is 11.4 Å². The molecule has 4 nitrogen and oxygen atoms in total. The van der Waals surface area contributed by atoms with Crippen molar-refractivity contribution in [3.63, 3.8) is 0 Å². The molecule has 1 heterocycles. The summed E-state index contributed by atoms with van der Waals surface area (Å²) in [6.07, 6.45) is 0. The Hall–Kier alpha value is -2.62. The molecule has 3 aromatic rings. The number of nitrogens with zero attached hydrogens (tertiary/aromatic N) is 2. The van der Waals surface area contributed by atoms with Crippen molar-refractivity contribution in [1.29, 1.82) is 0 Å². The highest BCUT2D eigenvalue weighted by molar-refractivity contribution is 5.62. The largest absolute Gasteiger partial charge is 0.326 e. The fourth-order valence-corrected chi connectivity index (χ4v) is 2.04. The Balaban J connectivity index is 1.88. The maximum atomic E-state index is 5.26. The topological polar surface area (TPSA) is 51.0 Å². The van der Waals surface area contributed by atoms with Crippen LogP contribution in [0.4, 0.5) is 11.7 Å². The molecular weight excluding hydrogens is 250 g/mol. The number of aromatic nitrogens is 2. The van der Waals surface area contributed by atoms with Gasteiger partial charge in [-0.25, -0.2) is 0 Å². The lowest BCUT2D eigenvalue weighted by Crippen LogP contribution is -1.93. The highest BCUT2D eigenvalue weighted by Gasteiger charge is 2.10. The van der Waals surface area contributed by atoms with Gasteiger partial charge in [-0.2, -0.15) is 4.98 Å². The number of hydrogen-bond acceptors (Lipinski definition) is 4. The zero-order valence-corrected chi connectivity index (χ0v) is 11.4. The van der Waals surface area contributed by atoms with Gasteiger partial charge in [-0.15, -0.1) is 0 Å². The number of nitrogens with one attached hydrogen (secondary N) is 1. The van der Waals surface area contributed by atoms with Crippen molar-refractivity contribution >= 4 is 11.7 Å². The maximum absolute atomic E-state index is 5.26. The summed E-state index contributed by atoms with van der Waals surface area (Å²) in [7, 11) is 0. The molecule has 4 heteroatoms. The van der Waals surface area contributed by atoms with Crippen LogP contribution in [0.5, 0.6) is 0 Å². The molecule has 0 amide bonds. The molecule has 0 spiro atoms. The zero-order chi connectivity index (χ0) is 13.9. The van der Waals surface area contributed by atoms with Crippen LogP contribution < -0.4 is 5.32 Å². The monoisotopic (exact) mass is 265 g/mol. The zero-order valence-electron chi connectivity index (χ0n) is 11.4. The Kier molecular flexibility index (Phi) is 3.21. The normalized spacial score (nSPS) is 10.5. The molecule has 0 radical (unpaired) electrons. The first-order valence-electron chi connectivity index (χ1n) is 6.46. The van der Waals surface area contributed by atoms with Crippen LogP contribution in [-0.4, -0.2) is 10.1 Å². The Morgan fingerprint density at radius 3 is 2.35 bits per heavy atom. The number of para-hydroxylation sites is 1. The van der Waals surface area contributed by atoms with Crippen LogP contribution in [0.2, 0.25) is 0 Å². The summed E-state index contributed by atoms with van der Waals surface area (Å²) in [6.45, 7) is 4.06. The molecule has 100 valence electrons. The van der Waals surface area contributed by atoms with Crippen molar-refractivity contribution in [2.45, 2.75) is 13.8 Å². The van der Waals surface area contributed by atoms with Crippen LogP contribution in [0.1, 0.15) is 11.1 Å². The maximum Gasteiger partial charge on any atom is 0.326 e. The molecule has 0 saturated carbocycles. The summed E-state index contributed by atoms with van der Waals surface area (Å²) in [5, 5.41) is 7.17. The van der Waals surface area contributed by atoms with Crippen LogP contribution in [0.3, 0.4) is 0 Å². The number of aryl methyl sites for hydroxylation is 2. The molecule has 0 aliphatic carbocycles. The van der Waals surface area contributed by atoms with Crippen molar-refractivity contribution in [1.82, 2.24) is 10.1 Å². The Bertz CT molecular complexity index is 734. The molecule has 0 aliphatic heterocycles. The second-order valence-corrected chi connectivity index (χ2v) is 4.68. The third-order valence-corrected chi connectivity index (χ3v) is 3.20. The van der Waals surface area contributed by atoms with E-state index < -0.39 is 0 Å². The lowest BCUT2D eigenvalue weighted by molar-refractivity contribution is 0.435. The summed E-state index contributed by atoms with van der Waals surface area (Å²) in [4.78, 5) is 4.39. The van der Waals surface area contributed by atoms with E-state index in [2.05, 4.69) is 15.5 Å². The van der Waals surface area contributed by atoms with Gasteiger partial charge in [0.2, 0.25) is 5.82 Å². The smallest absolute Gasteiger partial charge is 0.315 e. The summed E-state index contributed by atoms with van der Waals surface area (Å²) >= 11 is 0. The number of hydrogen-bond donors (Lipinski definition) is 1. The van der Waals surface area contributed by atoms with Gasteiger partial charge in [0.05, 0.1) is 0 Å². The minimum Gasteiger partial charge on any atom is -0.315 e. The van der Waals surface area contributed by atoms with Crippen LogP contribution in [-0.2, 0) is 0 Å². The van der Waals surface area contributed by atoms with Gasteiger partial charge in [0, 0.05) is 11.3 Å². The molecular formula is C16H15N3O. The fourth-order valence-electron chi connectivity index (χ4n) is 2.04. The molecule has 0 saturated heterocycles. The van der Waals surface area contributed by atoms with Gasteiger partial charge in [0.1, 0.15) is 0 Å². The van der Waals surface area contributed by atoms with E-state index in [0.717, 1.165) is 22.4 Å². The van der Waals surface area contributed by atoms with E-state index in [0.29, 0.717) is 11.8 Å². The van der Waals surface area contributed by atoms with E-state index in [1.54, 1.807) is 0 Å². The van der Waals surface area contributed by atoms with E-state index >= 15 is 0 Å². The van der Waals surface area contributed by atoms with Gasteiger partial charge in [-0.1, -0.05) is 47.6 Å². The van der Waals surface area contributed by atoms with Gasteiger partial charge in [0.25, 0.3) is 0 Å². The third kappa shape index (κ3) is 2.40. The summed E-state index contributed by atoms with van der Waals surface area (Å²) in [5.74, 6) is 0.596. The molecule has 0 bridgehead atoms. The standard InChI is InChI=1S/C16H15N3O/c1-11-7-3-5-9-13(11)15-18-16(20-19-15)17-14-10-6-4-8-12(14)2/h3-10H,1-2H3,(H,17,18,19). The first-order valence-corrected chi connectivity index (χ1v) is 6.46. The SMILES string of the molecule is Cc1ccccc1Nc1nc(-c2ccccc2C)no1. The lowest BCUT2D eigenvalue weighted by Gasteiger charge is -2.03. The average Bonchev–Trinajstić information content (AvgIpc) is 2.90. The Morgan fingerprint density at radius 1 is 0.900 bits per heavy atom. The summed E-state index contributed by atoms with van der Waals surface area (Å²) in [6, 6.07) is 16.3. The average molecular weight is 265 g/mol. The molecule has 0 aliphatic rings. The number of rotatable bonds is 3.